The number of rotatable bonds is 5. The van der Waals surface area contributed by atoms with Gasteiger partial charge < -0.3 is 14.5 Å². The smallest absolute Gasteiger partial charge is 0.455 e. The van der Waals surface area contributed by atoms with E-state index in [1.807, 2.05) is 5.32 Å². The molecule has 0 spiro atoms. The zero-order valence-corrected chi connectivity index (χ0v) is 9.65. The topological polar surface area (TPSA) is 34.4 Å². The molecule has 0 radical (unpaired) electrons. The van der Waals surface area contributed by atoms with Crippen LogP contribution in [0.5, 0.6) is 0 Å². The summed E-state index contributed by atoms with van der Waals surface area (Å²) in [5, 5.41) is 1.92. The first-order chi connectivity index (χ1) is 8.24. The molecule has 18 heavy (non-hydrogen) atoms. The van der Waals surface area contributed by atoms with Crippen LogP contribution < -0.4 is 5.32 Å². The molecule has 1 N–H and O–H groups in total. The van der Waals surface area contributed by atoms with Gasteiger partial charge in [-0.2, -0.15) is 22.0 Å². The predicted octanol–water partition coefficient (Wildman–Crippen LogP) is 2.88. The monoisotopic (exact) mass is 273 g/mol. The summed E-state index contributed by atoms with van der Waals surface area (Å²) < 4.78 is 72.7. The summed E-state index contributed by atoms with van der Waals surface area (Å²) >= 11 is 0. The number of hydrogen-bond acceptors (Lipinski definition) is 3. The fraction of sp³-hybridized carbons (Fsp3) is 0.600. The molecule has 1 aromatic rings. The molecule has 3 nitrogen and oxygen atoms in total. The highest BCUT2D eigenvalue weighted by atomic mass is 19.4. The van der Waals surface area contributed by atoms with E-state index < -0.39 is 23.9 Å². The lowest BCUT2D eigenvalue weighted by atomic mass is 10.1. The molecule has 0 amide bonds. The van der Waals surface area contributed by atoms with E-state index in [2.05, 4.69) is 4.74 Å². The molecule has 0 aliphatic rings. The lowest BCUT2D eigenvalue weighted by Crippen LogP contribution is -2.46. The molecular weight excluding hydrogens is 261 g/mol. The summed E-state index contributed by atoms with van der Waals surface area (Å²) in [6, 6.07) is 0.0771. The third-order valence-corrected chi connectivity index (χ3v) is 2.28. The van der Waals surface area contributed by atoms with Gasteiger partial charge in [-0.3, -0.25) is 0 Å². The molecule has 104 valence electrons. The summed E-state index contributed by atoms with van der Waals surface area (Å²) in [6.45, 7) is -0.00593. The Morgan fingerprint density at radius 1 is 1.28 bits per heavy atom. The number of alkyl halides is 5. The maximum atomic E-state index is 13.2. The van der Waals surface area contributed by atoms with E-state index >= 15 is 0 Å². The Balaban J connectivity index is 3.02. The van der Waals surface area contributed by atoms with Crippen LogP contribution in [0.25, 0.3) is 0 Å². The lowest BCUT2D eigenvalue weighted by molar-refractivity contribution is -0.295. The molecular formula is C10H12F5NO2. The Kier molecular flexibility index (Phi) is 4.33. The maximum absolute atomic E-state index is 13.2. The van der Waals surface area contributed by atoms with Crippen LogP contribution >= 0.6 is 0 Å². The maximum Gasteiger partial charge on any atom is 0.455 e. The quantitative estimate of drug-likeness (QED) is 0.838. The third kappa shape index (κ3) is 2.81. The number of hydrogen-bond donors (Lipinski definition) is 1. The first kappa shape index (κ1) is 14.9. The Bertz CT molecular complexity index is 388. The van der Waals surface area contributed by atoms with Gasteiger partial charge in [0.15, 0.2) is 0 Å². The molecule has 1 heterocycles. The van der Waals surface area contributed by atoms with Crippen molar-refractivity contribution in [1.29, 1.82) is 0 Å². The Labute approximate surface area is 99.9 Å². The average molecular weight is 273 g/mol. The molecule has 0 aliphatic heterocycles. The highest BCUT2D eigenvalue weighted by Gasteiger charge is 2.63. The van der Waals surface area contributed by atoms with Crippen molar-refractivity contribution in [1.82, 2.24) is 5.32 Å². The third-order valence-electron chi connectivity index (χ3n) is 2.28. The second kappa shape index (κ2) is 5.23. The Morgan fingerprint density at radius 3 is 2.33 bits per heavy atom. The van der Waals surface area contributed by atoms with Gasteiger partial charge in [0, 0.05) is 7.11 Å². The van der Waals surface area contributed by atoms with E-state index in [4.69, 9.17) is 4.42 Å². The van der Waals surface area contributed by atoms with E-state index in [9.17, 15) is 22.0 Å². The summed E-state index contributed by atoms with van der Waals surface area (Å²) in [5.74, 6) is -5.25. The minimum absolute atomic E-state index is 0.00593. The van der Waals surface area contributed by atoms with Crippen molar-refractivity contribution in [2.24, 2.45) is 0 Å². The van der Waals surface area contributed by atoms with Crippen LogP contribution in [0.15, 0.2) is 16.5 Å². The standard InChI is InChI=1S/C10H12F5NO2/c1-16-8(9(11,12)10(13,14)15)7-4-3-6(18-7)5-17-2/h3-4,8,16H,5H2,1-2H3. The summed E-state index contributed by atoms with van der Waals surface area (Å²) in [4.78, 5) is 0. The number of ether oxygens (including phenoxy) is 1. The Hall–Kier alpha value is -1.15. The largest absolute Gasteiger partial charge is 0.462 e. The van der Waals surface area contributed by atoms with Crippen LogP contribution in [0.3, 0.4) is 0 Å². The summed E-state index contributed by atoms with van der Waals surface area (Å²) in [6.07, 6.45) is -5.66. The van der Waals surface area contributed by atoms with Crippen molar-refractivity contribution in [3.63, 3.8) is 0 Å². The molecule has 1 unspecified atom stereocenters. The molecule has 0 aliphatic carbocycles. The second-order valence-corrected chi connectivity index (χ2v) is 3.58. The van der Waals surface area contributed by atoms with Crippen molar-refractivity contribution in [3.05, 3.63) is 23.7 Å². The highest BCUT2D eigenvalue weighted by molar-refractivity contribution is 5.14. The number of nitrogens with one attached hydrogen (secondary N) is 1. The van der Waals surface area contributed by atoms with E-state index in [0.717, 1.165) is 13.1 Å². The molecule has 0 saturated heterocycles. The van der Waals surface area contributed by atoms with Crippen LogP contribution in [-0.4, -0.2) is 26.3 Å². The lowest BCUT2D eigenvalue weighted by Gasteiger charge is -2.26. The van der Waals surface area contributed by atoms with E-state index in [-0.39, 0.29) is 12.4 Å². The summed E-state index contributed by atoms with van der Waals surface area (Å²) in [5.41, 5.74) is 0. The highest BCUT2D eigenvalue weighted by Crippen LogP contribution is 2.44. The van der Waals surface area contributed by atoms with Gasteiger partial charge in [-0.1, -0.05) is 0 Å². The van der Waals surface area contributed by atoms with Gasteiger partial charge in [-0.05, 0) is 19.2 Å². The number of furan rings is 1. The minimum atomic E-state index is -5.66. The van der Waals surface area contributed by atoms with Gasteiger partial charge in [0.2, 0.25) is 0 Å². The van der Waals surface area contributed by atoms with Gasteiger partial charge in [0.1, 0.15) is 24.2 Å². The number of halogens is 5. The fourth-order valence-corrected chi connectivity index (χ4v) is 1.44. The van der Waals surface area contributed by atoms with Crippen LogP contribution in [0.1, 0.15) is 17.6 Å². The van der Waals surface area contributed by atoms with Crippen LogP contribution in [0.4, 0.5) is 22.0 Å². The molecule has 0 fully saturated rings. The first-order valence-electron chi connectivity index (χ1n) is 4.93. The van der Waals surface area contributed by atoms with Crippen molar-refractivity contribution < 1.29 is 31.1 Å². The second-order valence-electron chi connectivity index (χ2n) is 3.58. The molecule has 1 atom stereocenters. The van der Waals surface area contributed by atoms with Crippen LogP contribution in [0, 0.1) is 0 Å². The molecule has 0 bridgehead atoms. The van der Waals surface area contributed by atoms with Crippen molar-refractivity contribution in [3.8, 4) is 0 Å². The fourth-order valence-electron chi connectivity index (χ4n) is 1.44. The molecule has 1 aromatic heterocycles. The minimum Gasteiger partial charge on any atom is -0.462 e. The van der Waals surface area contributed by atoms with Gasteiger partial charge in [0.05, 0.1) is 0 Å². The van der Waals surface area contributed by atoms with Gasteiger partial charge in [-0.25, -0.2) is 0 Å². The Morgan fingerprint density at radius 2 is 1.89 bits per heavy atom. The molecule has 0 saturated carbocycles. The predicted molar refractivity (Wildman–Crippen MR) is 52.2 cm³/mol. The normalized spacial score (nSPS) is 14.8. The molecule has 8 heteroatoms. The van der Waals surface area contributed by atoms with E-state index in [1.165, 1.54) is 13.2 Å². The number of methoxy groups -OCH3 is 1. The van der Waals surface area contributed by atoms with Crippen molar-refractivity contribution in [2.45, 2.75) is 24.7 Å². The van der Waals surface area contributed by atoms with Gasteiger partial charge in [0.25, 0.3) is 0 Å². The first-order valence-corrected chi connectivity index (χ1v) is 4.93. The van der Waals surface area contributed by atoms with Gasteiger partial charge in [-0.15, -0.1) is 0 Å². The molecule has 1 rings (SSSR count). The average Bonchev–Trinajstić information content (AvgIpc) is 2.66. The van der Waals surface area contributed by atoms with Crippen molar-refractivity contribution in [2.75, 3.05) is 14.2 Å². The van der Waals surface area contributed by atoms with Crippen LogP contribution in [-0.2, 0) is 11.3 Å². The van der Waals surface area contributed by atoms with Gasteiger partial charge >= 0.3 is 12.1 Å². The van der Waals surface area contributed by atoms with E-state index in [0.29, 0.717) is 0 Å². The SMILES string of the molecule is CNC(c1ccc(COC)o1)C(F)(F)C(F)(F)F. The zero-order chi connectivity index (χ0) is 14.0. The van der Waals surface area contributed by atoms with E-state index in [1.54, 1.807) is 0 Å². The van der Waals surface area contributed by atoms with Crippen LogP contribution in [0.2, 0.25) is 0 Å². The summed E-state index contributed by atoms with van der Waals surface area (Å²) in [7, 11) is 2.35. The molecule has 0 aromatic carbocycles. The zero-order valence-electron chi connectivity index (χ0n) is 9.65. The van der Waals surface area contributed by atoms with Crippen molar-refractivity contribution >= 4 is 0 Å².